The maximum Gasteiger partial charge on any atom is 0.240 e. The second-order valence-electron chi connectivity index (χ2n) is 7.86. The van der Waals surface area contributed by atoms with Gasteiger partial charge in [-0.15, -0.1) is 5.10 Å². The number of rotatable bonds is 3. The maximum atomic E-state index is 6.30. The van der Waals surface area contributed by atoms with Crippen LogP contribution in [-0.4, -0.2) is 12.1 Å². The fourth-order valence-electron chi connectivity index (χ4n) is 3.21. The average Bonchev–Trinajstić information content (AvgIpc) is 3.16. The molecule has 0 saturated carbocycles. The molecule has 0 amide bonds. The van der Waals surface area contributed by atoms with Gasteiger partial charge in [0.1, 0.15) is 0 Å². The Balaban J connectivity index is 1.65. The van der Waals surface area contributed by atoms with Gasteiger partial charge < -0.3 is 4.74 Å². The fraction of sp³-hybridized carbons (Fsp3) is 0.208. The van der Waals surface area contributed by atoms with Crippen LogP contribution in [0, 0.1) is 5.41 Å². The summed E-state index contributed by atoms with van der Waals surface area (Å²) in [6.45, 7) is 6.51. The molecule has 3 nitrogen and oxygen atoms in total. The van der Waals surface area contributed by atoms with E-state index in [0.717, 1.165) is 11.3 Å². The minimum absolute atomic E-state index is 0.0783. The zero-order chi connectivity index (χ0) is 18.9. The largest absolute Gasteiger partial charge is 0.450 e. The van der Waals surface area contributed by atoms with Gasteiger partial charge in [-0.3, -0.25) is 0 Å². The van der Waals surface area contributed by atoms with E-state index in [1.807, 2.05) is 29.3 Å². The zero-order valence-electron chi connectivity index (χ0n) is 16.0. The molecule has 1 atom stereocenters. The monoisotopic (exact) mass is 356 g/mol. The Hall–Kier alpha value is -3.07. The van der Waals surface area contributed by atoms with Crippen LogP contribution in [0.4, 0.5) is 5.69 Å². The molecular weight excluding hydrogens is 332 g/mol. The van der Waals surface area contributed by atoms with Crippen LogP contribution in [0.15, 0.2) is 90.0 Å². The number of benzene rings is 3. The third kappa shape index (κ3) is 3.59. The van der Waals surface area contributed by atoms with Crippen LogP contribution in [0.25, 0.3) is 11.1 Å². The van der Waals surface area contributed by atoms with E-state index in [2.05, 4.69) is 81.4 Å². The molecule has 1 unspecified atom stereocenters. The number of anilines is 1. The summed E-state index contributed by atoms with van der Waals surface area (Å²) in [6.07, 6.45) is -0.149. The Labute approximate surface area is 160 Å². The predicted molar refractivity (Wildman–Crippen MR) is 112 cm³/mol. The van der Waals surface area contributed by atoms with E-state index < -0.39 is 0 Å². The molecule has 0 bridgehead atoms. The second kappa shape index (κ2) is 6.92. The Bertz CT molecular complexity index is 926. The lowest BCUT2D eigenvalue weighted by atomic mass is 9.93. The Morgan fingerprint density at radius 2 is 1.22 bits per heavy atom. The van der Waals surface area contributed by atoms with E-state index in [0.29, 0.717) is 5.90 Å². The molecule has 0 radical (unpaired) electrons. The number of nitrogens with zero attached hydrogens (tertiary/aromatic N) is 2. The first-order valence-corrected chi connectivity index (χ1v) is 9.28. The highest BCUT2D eigenvalue weighted by Gasteiger charge is 2.38. The molecule has 0 aromatic heterocycles. The Morgan fingerprint density at radius 3 is 1.81 bits per heavy atom. The summed E-state index contributed by atoms with van der Waals surface area (Å²) in [5.74, 6) is 0.665. The van der Waals surface area contributed by atoms with Gasteiger partial charge in [0, 0.05) is 11.0 Å². The molecule has 0 fully saturated rings. The van der Waals surface area contributed by atoms with Gasteiger partial charge in [-0.05, 0) is 35.4 Å². The average molecular weight is 356 g/mol. The molecule has 136 valence electrons. The highest BCUT2D eigenvalue weighted by atomic mass is 16.5. The zero-order valence-corrected chi connectivity index (χ0v) is 16.0. The molecule has 3 heteroatoms. The minimum Gasteiger partial charge on any atom is -0.450 e. The van der Waals surface area contributed by atoms with Crippen LogP contribution in [0.2, 0.25) is 0 Å². The van der Waals surface area contributed by atoms with Crippen molar-refractivity contribution in [3.63, 3.8) is 0 Å². The van der Waals surface area contributed by atoms with Crippen molar-refractivity contribution < 1.29 is 4.74 Å². The molecule has 1 aliphatic heterocycles. The van der Waals surface area contributed by atoms with Gasteiger partial charge in [-0.25, -0.2) is 5.01 Å². The van der Waals surface area contributed by atoms with Crippen molar-refractivity contribution in [2.24, 2.45) is 10.5 Å². The molecule has 1 aliphatic rings. The van der Waals surface area contributed by atoms with Crippen LogP contribution >= 0.6 is 0 Å². The standard InChI is InChI=1S/C24H24N2O/c1-24(2,3)23-26(21-12-8-5-9-13-21)25-22(27-23)20-16-14-19(15-17-20)18-10-6-4-7-11-18/h4-17,23H,1-3H3. The number of hydrazone groups is 1. The quantitative estimate of drug-likeness (QED) is 0.581. The first kappa shape index (κ1) is 17.3. The number of ether oxygens (including phenoxy) is 1. The highest BCUT2D eigenvalue weighted by molar-refractivity contribution is 5.96. The van der Waals surface area contributed by atoms with Crippen LogP contribution in [0.5, 0.6) is 0 Å². The van der Waals surface area contributed by atoms with E-state index in [1.165, 1.54) is 11.1 Å². The van der Waals surface area contributed by atoms with Crippen LogP contribution < -0.4 is 5.01 Å². The van der Waals surface area contributed by atoms with Crippen molar-refractivity contribution in [3.8, 4) is 11.1 Å². The summed E-state index contributed by atoms with van der Waals surface area (Å²) >= 11 is 0. The first-order chi connectivity index (χ1) is 13.0. The van der Waals surface area contributed by atoms with Crippen LogP contribution in [0.1, 0.15) is 26.3 Å². The third-order valence-electron chi connectivity index (χ3n) is 4.64. The van der Waals surface area contributed by atoms with E-state index >= 15 is 0 Å². The Kier molecular flexibility index (Phi) is 4.44. The minimum atomic E-state index is -0.149. The van der Waals surface area contributed by atoms with Crippen molar-refractivity contribution >= 4 is 11.6 Å². The third-order valence-corrected chi connectivity index (χ3v) is 4.64. The summed E-state index contributed by atoms with van der Waals surface area (Å²) in [5.41, 5.74) is 4.34. The van der Waals surface area contributed by atoms with Gasteiger partial charge in [0.25, 0.3) is 0 Å². The van der Waals surface area contributed by atoms with Gasteiger partial charge in [-0.2, -0.15) is 0 Å². The molecule has 0 aliphatic carbocycles. The molecule has 0 spiro atoms. The van der Waals surface area contributed by atoms with Crippen molar-refractivity contribution in [2.45, 2.75) is 27.0 Å². The molecule has 3 aromatic carbocycles. The lowest BCUT2D eigenvalue weighted by Gasteiger charge is -2.32. The maximum absolute atomic E-state index is 6.30. The van der Waals surface area contributed by atoms with Crippen molar-refractivity contribution in [2.75, 3.05) is 5.01 Å². The summed E-state index contributed by atoms with van der Waals surface area (Å²) in [5, 5.41) is 6.79. The smallest absolute Gasteiger partial charge is 0.240 e. The predicted octanol–water partition coefficient (Wildman–Crippen LogP) is 5.92. The van der Waals surface area contributed by atoms with E-state index in [1.54, 1.807) is 0 Å². The van der Waals surface area contributed by atoms with E-state index in [-0.39, 0.29) is 11.6 Å². The molecule has 3 aromatic rings. The highest BCUT2D eigenvalue weighted by Crippen LogP contribution is 2.35. The summed E-state index contributed by atoms with van der Waals surface area (Å²) in [6, 6.07) is 29.0. The first-order valence-electron chi connectivity index (χ1n) is 9.28. The topological polar surface area (TPSA) is 24.8 Å². The summed E-state index contributed by atoms with van der Waals surface area (Å²) < 4.78 is 6.30. The van der Waals surface area contributed by atoms with Crippen LogP contribution in [0.3, 0.4) is 0 Å². The fourth-order valence-corrected chi connectivity index (χ4v) is 3.21. The summed E-state index contributed by atoms with van der Waals surface area (Å²) in [7, 11) is 0. The molecule has 0 N–H and O–H groups in total. The van der Waals surface area contributed by atoms with Crippen molar-refractivity contribution in [1.82, 2.24) is 0 Å². The lowest BCUT2D eigenvalue weighted by Crippen LogP contribution is -2.39. The molecule has 4 rings (SSSR count). The Morgan fingerprint density at radius 1 is 0.704 bits per heavy atom. The molecule has 0 saturated heterocycles. The molecule has 27 heavy (non-hydrogen) atoms. The van der Waals surface area contributed by atoms with Gasteiger partial charge in [0.2, 0.25) is 5.90 Å². The van der Waals surface area contributed by atoms with Gasteiger partial charge in [-0.1, -0.05) is 81.4 Å². The van der Waals surface area contributed by atoms with Crippen molar-refractivity contribution in [3.05, 3.63) is 90.5 Å². The molecular formula is C24H24N2O. The summed E-state index contributed by atoms with van der Waals surface area (Å²) in [4.78, 5) is 0. The second-order valence-corrected chi connectivity index (χ2v) is 7.86. The van der Waals surface area contributed by atoms with Crippen LogP contribution in [-0.2, 0) is 4.74 Å². The normalized spacial score (nSPS) is 16.8. The van der Waals surface area contributed by atoms with Gasteiger partial charge in [0.15, 0.2) is 6.23 Å². The van der Waals surface area contributed by atoms with E-state index in [4.69, 9.17) is 9.84 Å². The lowest BCUT2D eigenvalue weighted by molar-refractivity contribution is 0.0935. The van der Waals surface area contributed by atoms with Gasteiger partial charge in [0.05, 0.1) is 5.69 Å². The molecule has 1 heterocycles. The number of para-hydroxylation sites is 1. The number of hydrogen-bond donors (Lipinski definition) is 0. The van der Waals surface area contributed by atoms with E-state index in [9.17, 15) is 0 Å². The van der Waals surface area contributed by atoms with Gasteiger partial charge >= 0.3 is 0 Å². The SMILES string of the molecule is CC(C)(C)C1OC(c2ccc(-c3ccccc3)cc2)=NN1c1ccccc1. The van der Waals surface area contributed by atoms with Crippen molar-refractivity contribution in [1.29, 1.82) is 0 Å². The number of hydrogen-bond acceptors (Lipinski definition) is 3.